The number of unbranched alkanes of at least 4 members (excludes halogenated alkanes) is 1. The average Bonchev–Trinajstić information content (AvgIpc) is 3.27. The molecule has 30 heavy (non-hydrogen) atoms. The highest BCUT2D eigenvalue weighted by Gasteiger charge is 2.19. The number of guanidine groups is 1. The van der Waals surface area contributed by atoms with Gasteiger partial charge in [0, 0.05) is 51.7 Å². The molecule has 1 aromatic heterocycles. The fraction of sp³-hybridized carbons (Fsp3) is 0.773. The van der Waals surface area contributed by atoms with Crippen LogP contribution in [-0.2, 0) is 11.2 Å². The van der Waals surface area contributed by atoms with E-state index in [4.69, 9.17) is 14.1 Å². The molecule has 1 aromatic rings. The zero-order valence-electron chi connectivity index (χ0n) is 18.5. The van der Waals surface area contributed by atoms with Gasteiger partial charge in [-0.2, -0.15) is 0 Å². The van der Waals surface area contributed by atoms with Crippen LogP contribution >= 0.6 is 24.0 Å². The summed E-state index contributed by atoms with van der Waals surface area (Å²) in [5, 5.41) is 7.20. The molecule has 2 aliphatic rings. The van der Waals surface area contributed by atoms with Crippen molar-refractivity contribution in [3.63, 3.8) is 0 Å². The molecule has 0 aromatic carbocycles. The maximum absolute atomic E-state index is 5.45. The number of nitrogens with one attached hydrogen (secondary N) is 2. The molecule has 172 valence electrons. The lowest BCUT2D eigenvalue weighted by Crippen LogP contribution is -2.49. The topological polar surface area (TPSA) is 65.3 Å². The maximum Gasteiger partial charge on any atom is 0.191 e. The fourth-order valence-electron chi connectivity index (χ4n) is 3.92. The Kier molecular flexibility index (Phi) is 12.7. The Morgan fingerprint density at radius 2 is 1.90 bits per heavy atom. The van der Waals surface area contributed by atoms with Gasteiger partial charge in [-0.1, -0.05) is 13.3 Å². The largest absolute Gasteiger partial charge is 0.469 e. The number of furan rings is 1. The lowest BCUT2D eigenvalue weighted by molar-refractivity contribution is 0.0394. The minimum absolute atomic E-state index is 0. The molecule has 0 unspecified atom stereocenters. The van der Waals surface area contributed by atoms with Crippen molar-refractivity contribution >= 4 is 29.9 Å². The van der Waals surface area contributed by atoms with Gasteiger partial charge in [0.1, 0.15) is 5.76 Å². The molecule has 0 bridgehead atoms. The molecule has 7 nitrogen and oxygen atoms in total. The first kappa shape index (κ1) is 25.4. The summed E-state index contributed by atoms with van der Waals surface area (Å²) in [5.74, 6) is 1.95. The summed E-state index contributed by atoms with van der Waals surface area (Å²) in [6.45, 7) is 12.2. The predicted octanol–water partition coefficient (Wildman–Crippen LogP) is 2.57. The molecular formula is C22H40IN5O2. The lowest BCUT2D eigenvalue weighted by atomic mass is 10.0. The third kappa shape index (κ3) is 9.53. The summed E-state index contributed by atoms with van der Waals surface area (Å²) in [5.41, 5.74) is 0. The SMILES string of the molecule is CCCCN1CCC(NC(=NCCN2CCOCC2)NCCc2ccco2)CC1.I. The Morgan fingerprint density at radius 1 is 1.13 bits per heavy atom. The van der Waals surface area contributed by atoms with Gasteiger partial charge in [0.2, 0.25) is 0 Å². The van der Waals surface area contributed by atoms with Gasteiger partial charge in [0.25, 0.3) is 0 Å². The van der Waals surface area contributed by atoms with Gasteiger partial charge in [-0.3, -0.25) is 9.89 Å². The van der Waals surface area contributed by atoms with Crippen LogP contribution < -0.4 is 10.6 Å². The van der Waals surface area contributed by atoms with Crippen LogP contribution in [0.15, 0.2) is 27.8 Å². The van der Waals surface area contributed by atoms with Crippen molar-refractivity contribution < 1.29 is 9.15 Å². The number of nitrogens with zero attached hydrogens (tertiary/aromatic N) is 3. The molecule has 2 fully saturated rings. The molecule has 2 saturated heterocycles. The third-order valence-corrected chi connectivity index (χ3v) is 5.79. The van der Waals surface area contributed by atoms with Crippen molar-refractivity contribution in [2.45, 2.75) is 45.1 Å². The number of likely N-dealkylation sites (tertiary alicyclic amines) is 1. The van der Waals surface area contributed by atoms with Crippen molar-refractivity contribution in [3.05, 3.63) is 24.2 Å². The molecule has 8 heteroatoms. The summed E-state index contributed by atoms with van der Waals surface area (Å²) in [6.07, 6.45) is 7.56. The van der Waals surface area contributed by atoms with Gasteiger partial charge in [0.05, 0.1) is 26.0 Å². The van der Waals surface area contributed by atoms with Crippen LogP contribution in [0.3, 0.4) is 0 Å². The minimum atomic E-state index is 0. The van der Waals surface area contributed by atoms with Gasteiger partial charge in [-0.05, 0) is 37.9 Å². The first-order chi connectivity index (χ1) is 14.3. The normalized spacial score (nSPS) is 19.4. The first-order valence-electron chi connectivity index (χ1n) is 11.4. The van der Waals surface area contributed by atoms with E-state index in [1.165, 1.54) is 45.3 Å². The lowest BCUT2D eigenvalue weighted by Gasteiger charge is -2.33. The number of aliphatic imine (C=N–C) groups is 1. The number of morpholine rings is 1. The highest BCUT2D eigenvalue weighted by Crippen LogP contribution is 2.11. The van der Waals surface area contributed by atoms with Crippen molar-refractivity contribution in [1.82, 2.24) is 20.4 Å². The zero-order chi connectivity index (χ0) is 20.2. The Labute approximate surface area is 199 Å². The number of hydrogen-bond acceptors (Lipinski definition) is 5. The quantitative estimate of drug-likeness (QED) is 0.274. The monoisotopic (exact) mass is 533 g/mol. The van der Waals surface area contributed by atoms with Crippen LogP contribution in [0.5, 0.6) is 0 Å². The summed E-state index contributed by atoms with van der Waals surface area (Å²) in [4.78, 5) is 9.90. The number of ether oxygens (including phenoxy) is 1. The van der Waals surface area contributed by atoms with Crippen molar-refractivity contribution in [2.24, 2.45) is 4.99 Å². The zero-order valence-corrected chi connectivity index (χ0v) is 20.8. The molecule has 0 spiro atoms. The fourth-order valence-corrected chi connectivity index (χ4v) is 3.92. The van der Waals surface area contributed by atoms with Crippen molar-refractivity contribution in [1.29, 1.82) is 0 Å². The van der Waals surface area contributed by atoms with E-state index in [1.54, 1.807) is 6.26 Å². The van der Waals surface area contributed by atoms with E-state index < -0.39 is 0 Å². The summed E-state index contributed by atoms with van der Waals surface area (Å²) < 4.78 is 10.9. The minimum Gasteiger partial charge on any atom is -0.469 e. The van der Waals surface area contributed by atoms with Gasteiger partial charge >= 0.3 is 0 Å². The van der Waals surface area contributed by atoms with E-state index in [0.29, 0.717) is 6.04 Å². The van der Waals surface area contributed by atoms with E-state index in [-0.39, 0.29) is 24.0 Å². The maximum atomic E-state index is 5.45. The van der Waals surface area contributed by atoms with E-state index in [1.807, 2.05) is 12.1 Å². The van der Waals surface area contributed by atoms with Crippen LogP contribution in [0.1, 0.15) is 38.4 Å². The predicted molar refractivity (Wildman–Crippen MR) is 133 cm³/mol. The van der Waals surface area contributed by atoms with Crippen LogP contribution in [0.25, 0.3) is 0 Å². The van der Waals surface area contributed by atoms with Gasteiger partial charge in [-0.25, -0.2) is 0 Å². The highest BCUT2D eigenvalue weighted by molar-refractivity contribution is 14.0. The Hall–Kier alpha value is -0.840. The van der Waals surface area contributed by atoms with Gasteiger partial charge < -0.3 is 24.7 Å². The van der Waals surface area contributed by atoms with Gasteiger partial charge in [-0.15, -0.1) is 24.0 Å². The molecule has 0 atom stereocenters. The number of hydrogen-bond donors (Lipinski definition) is 2. The molecule has 0 saturated carbocycles. The third-order valence-electron chi connectivity index (χ3n) is 5.79. The average molecular weight is 533 g/mol. The number of rotatable bonds is 10. The highest BCUT2D eigenvalue weighted by atomic mass is 127. The van der Waals surface area contributed by atoms with Crippen LogP contribution in [0.4, 0.5) is 0 Å². The summed E-state index contributed by atoms with van der Waals surface area (Å²) >= 11 is 0. The Bertz CT molecular complexity index is 570. The van der Waals surface area contributed by atoms with Gasteiger partial charge in [0.15, 0.2) is 5.96 Å². The molecule has 3 heterocycles. The second-order valence-corrected chi connectivity index (χ2v) is 8.05. The standard InChI is InChI=1S/C22H39N5O2.HI/c1-2-3-11-26-12-7-20(8-13-26)25-22(23-9-6-21-5-4-17-29-21)24-10-14-27-15-18-28-19-16-27;/h4-5,17,20H,2-3,6-16,18-19H2,1H3,(H2,23,24,25);1H. The molecule has 2 aliphatic heterocycles. The molecule has 0 aliphatic carbocycles. The molecule has 0 radical (unpaired) electrons. The van der Waals surface area contributed by atoms with Crippen LogP contribution in [0, 0.1) is 0 Å². The van der Waals surface area contributed by atoms with E-state index in [9.17, 15) is 0 Å². The number of halogens is 1. The molecule has 0 amide bonds. The second kappa shape index (κ2) is 15.0. The summed E-state index contributed by atoms with van der Waals surface area (Å²) in [6, 6.07) is 4.47. The Balaban J connectivity index is 0.00000320. The first-order valence-corrected chi connectivity index (χ1v) is 11.4. The molecule has 3 rings (SSSR count). The van der Waals surface area contributed by atoms with E-state index in [2.05, 4.69) is 27.4 Å². The van der Waals surface area contributed by atoms with E-state index in [0.717, 1.165) is 64.1 Å². The van der Waals surface area contributed by atoms with Crippen molar-refractivity contribution in [3.8, 4) is 0 Å². The number of piperidine rings is 1. The van der Waals surface area contributed by atoms with Crippen LogP contribution in [-0.4, -0.2) is 87.4 Å². The van der Waals surface area contributed by atoms with E-state index >= 15 is 0 Å². The molecular weight excluding hydrogens is 493 g/mol. The summed E-state index contributed by atoms with van der Waals surface area (Å²) in [7, 11) is 0. The van der Waals surface area contributed by atoms with Crippen molar-refractivity contribution in [2.75, 3.05) is 65.6 Å². The molecule has 2 N–H and O–H groups in total. The Morgan fingerprint density at radius 3 is 2.60 bits per heavy atom. The smallest absolute Gasteiger partial charge is 0.191 e. The van der Waals surface area contributed by atoms with Crippen LogP contribution in [0.2, 0.25) is 0 Å². The second-order valence-electron chi connectivity index (χ2n) is 8.05.